The van der Waals surface area contributed by atoms with Crippen molar-refractivity contribution in [2.75, 3.05) is 97.7 Å². The second-order valence-electron chi connectivity index (χ2n) is 21.4. The molecule has 512 valence electrons. The van der Waals surface area contributed by atoms with Gasteiger partial charge >= 0.3 is 320 Å². The number of aliphatic hydroxyl groups excluding tert-OH is 2. The zero-order valence-corrected chi connectivity index (χ0v) is 96.1. The average molecular weight is 2650 g/mol. The van der Waals surface area contributed by atoms with Crippen molar-refractivity contribution < 1.29 is 179 Å². The van der Waals surface area contributed by atoms with Crippen LogP contribution in [0.4, 0.5) is 0 Å². The Kier molecular flexibility index (Phi) is 85.7. The van der Waals surface area contributed by atoms with Gasteiger partial charge in [-0.15, -0.1) is 25.7 Å². The van der Waals surface area contributed by atoms with Crippen LogP contribution >= 0.6 is 100 Å². The van der Waals surface area contributed by atoms with Crippen molar-refractivity contribution >= 4 is 412 Å². The smallest absolute Gasteiger partial charge is 1.00 e. The maximum atomic E-state index is 13.4. The van der Waals surface area contributed by atoms with Gasteiger partial charge in [-0.1, -0.05) is 92.0 Å². The van der Waals surface area contributed by atoms with Crippen LogP contribution in [-0.2, 0) is 81.3 Å². The van der Waals surface area contributed by atoms with E-state index in [1.165, 1.54) is 28.8 Å². The van der Waals surface area contributed by atoms with Crippen LogP contribution in [-0.4, -0.2) is 491 Å². The summed E-state index contributed by atoms with van der Waals surface area (Å²) in [6.45, 7) is 12.5. The number of quaternary nitrogens is 2. The standard InChI is InChI=1S/C17H33NO5PS.C15H29NO7PS.C12H21O5PS.C3H7I.C2HCl3O2.6Ba.3HI.6H/c1-6-15-16(8-11-20-15)23-24(19,25-12-9-18(3,4)5)22-13-17-14(2)7-10-21-17;1-16(2,3)6-9-25-24(19,22-11-15-12(18)4-7-21-15)23-13-5-8-20-14(13)10-17;1-3-10-11(5-7-14-10)17-18(13,19)16-8-12-9(2)4-6-15-12;1-2-3-4;3-2(4,5)1(6)7;;;;;;;;;;;;;;;/h10-11,14-17H,6-9,12-13H2,1-5H3;7-8,12-15,17-18H,4-6,9-11H2,1-3H3;6-7,9-12H,3-5,8H2,1-2H3,(H,13,19);2-3H2,1H3;(H,6,7);;;;;;;3*1H;;;;;;/q2*-1;-2;;;6*+2;;;;6*-1/p-3/t14-,15-,16-,17-,24+;12-,13-,14-,15-,24+;9-,10-,11-,12-,18?;;;;;;;;;;;;;;;;;/m111................./s1. The second kappa shape index (κ2) is 64.3. The van der Waals surface area contributed by atoms with Crippen molar-refractivity contribution in [1.82, 2.24) is 0 Å². The van der Waals surface area contributed by atoms with Crippen molar-refractivity contribution in [2.45, 2.75) is 157 Å². The molecule has 0 aromatic heterocycles. The van der Waals surface area contributed by atoms with E-state index < -0.39 is 54.5 Å². The summed E-state index contributed by atoms with van der Waals surface area (Å²) < 4.78 is 93.7. The molecule has 6 aliphatic heterocycles. The number of rotatable bonds is 27. The minimum Gasteiger partial charge on any atom is -1.00 e. The Morgan fingerprint density at radius 3 is 1.21 bits per heavy atom. The third-order valence-electron chi connectivity index (χ3n) is 12.3. The molecule has 21 nitrogen and oxygen atoms in total. The molecule has 6 aliphatic rings. The molecular formula is C49H97Ba6Cl3I4N2O19P3S3-. The fraction of sp³-hybridized carbons (Fsp3) is 0.857. The molecule has 6 heterocycles. The van der Waals surface area contributed by atoms with E-state index in [9.17, 15) is 29.0 Å². The van der Waals surface area contributed by atoms with Gasteiger partial charge in [-0.25, -0.2) is 53.6 Å². The van der Waals surface area contributed by atoms with Crippen LogP contribution in [0.25, 0.3) is 0 Å². The zero-order chi connectivity index (χ0) is 60.4. The summed E-state index contributed by atoms with van der Waals surface area (Å²) in [4.78, 5) is 19.7. The summed E-state index contributed by atoms with van der Waals surface area (Å²) >= 11 is 24.2. The van der Waals surface area contributed by atoms with Gasteiger partial charge in [0.05, 0.1) is 130 Å². The van der Waals surface area contributed by atoms with Crippen molar-refractivity contribution in [2.24, 2.45) is 11.8 Å². The average Bonchev–Trinajstić information content (AvgIpc) is 4.26. The van der Waals surface area contributed by atoms with Gasteiger partial charge < -0.3 is 147 Å². The SMILES string of the molecule is CCCI.CC[C@H]1O[CH-]C[C@H]1OP(O)(=S)OC[C@H]1O[CH-]C[C@H]1C.CC[C@H]1O[CH-]C[C@H]1O[P@](=O)(OC[C@H]1O[CH-]C[C@H]1C)SCC[N+](C)(C)C.C[N+](C)(C)CCS[P@@](=O)(OC[C@H]1O[CH-]C[C@H]1O)O[C@@H]1C[CH-]O[C@@H]1CO.O=C(O)C(Cl)(Cl)Cl.[Ba+2].[Ba+2].[Ba+2].[Ba+2].[Ba+2].[Ba+2].[H-].[H-].[H-].[H-].[H-].[H-].[I-].[I-].[I-]. The van der Waals surface area contributed by atoms with Crippen LogP contribution in [0.15, 0.2) is 0 Å². The first-order chi connectivity index (χ1) is 37.3. The molecular weight excluding hydrogens is 2550 g/mol. The molecule has 0 aliphatic carbocycles. The number of carboxylic acids is 1. The van der Waals surface area contributed by atoms with Gasteiger partial charge in [0.25, 0.3) is 3.79 Å². The van der Waals surface area contributed by atoms with Crippen molar-refractivity contribution in [3.63, 3.8) is 0 Å². The predicted molar refractivity (Wildman–Crippen MR) is 368 cm³/mol. The molecule has 40 heteroatoms. The molecule has 0 amide bonds. The number of hydrogen-bond donors (Lipinski definition) is 4. The van der Waals surface area contributed by atoms with Gasteiger partial charge in [-0.2, -0.15) is 12.8 Å². The first kappa shape index (κ1) is 119. The van der Waals surface area contributed by atoms with Crippen LogP contribution in [0.1, 0.15) is 101 Å². The fourth-order valence-electron chi connectivity index (χ4n) is 7.14. The Morgan fingerprint density at radius 2 is 0.910 bits per heavy atom. The van der Waals surface area contributed by atoms with E-state index in [-0.39, 0.29) is 430 Å². The molecule has 0 bridgehead atoms. The zero-order valence-electron chi connectivity index (χ0n) is 59.4. The van der Waals surface area contributed by atoms with Crippen LogP contribution in [0.2, 0.25) is 0 Å². The van der Waals surface area contributed by atoms with E-state index in [4.69, 9.17) is 107 Å². The van der Waals surface area contributed by atoms with Crippen LogP contribution < -0.4 is 71.9 Å². The summed E-state index contributed by atoms with van der Waals surface area (Å²) in [7, 11) is 12.5. The molecule has 6 saturated heterocycles. The number of carbonyl (C=O) groups is 1. The molecule has 1 unspecified atom stereocenters. The number of hydrogen-bond acceptors (Lipinski definition) is 20. The van der Waals surface area contributed by atoms with Crippen molar-refractivity contribution in [3.05, 3.63) is 39.6 Å². The molecule has 0 radical (unpaired) electrons. The molecule has 0 aromatic rings. The molecule has 6 rings (SSSR count). The monoisotopic (exact) mass is 2650 g/mol. The minimum absolute atomic E-state index is 0. The summed E-state index contributed by atoms with van der Waals surface area (Å²) in [6.07, 6.45) is 3.97. The van der Waals surface area contributed by atoms with Crippen molar-refractivity contribution in [1.29, 1.82) is 0 Å². The Labute approximate surface area is 877 Å². The minimum atomic E-state index is -3.49. The Morgan fingerprint density at radius 1 is 0.607 bits per heavy atom. The first-order valence-electron chi connectivity index (χ1n) is 26.7. The largest absolute Gasteiger partial charge is 2.00 e. The molecule has 4 N–H and O–H groups in total. The van der Waals surface area contributed by atoms with E-state index in [1.807, 2.05) is 41.6 Å². The number of ether oxygens (including phenoxy) is 6. The third kappa shape index (κ3) is 55.0. The molecule has 0 aromatic carbocycles. The summed E-state index contributed by atoms with van der Waals surface area (Å²) in [5.74, 6) is 0.583. The molecule has 15 atom stereocenters. The number of aliphatic hydroxyl groups is 2. The van der Waals surface area contributed by atoms with E-state index in [1.54, 1.807) is 26.4 Å². The van der Waals surface area contributed by atoms with Crippen LogP contribution in [0, 0.1) is 51.5 Å². The van der Waals surface area contributed by atoms with Crippen molar-refractivity contribution in [3.8, 4) is 0 Å². The number of nitrogens with zero attached hydrogens (tertiary/aromatic N) is 2. The van der Waals surface area contributed by atoms with Gasteiger partial charge in [-0.05, 0) is 70.1 Å². The Bertz CT molecular complexity index is 1870. The molecule has 6 fully saturated rings. The van der Waals surface area contributed by atoms with Crippen LogP contribution in [0.3, 0.4) is 0 Å². The summed E-state index contributed by atoms with van der Waals surface area (Å²) in [6, 6.07) is 0. The molecule has 0 saturated carbocycles. The topological polar surface area (TPSA) is 243 Å². The molecule has 89 heavy (non-hydrogen) atoms. The quantitative estimate of drug-likeness (QED) is 0.0216. The normalized spacial score (nSPS) is 27.9. The van der Waals surface area contributed by atoms with Gasteiger partial charge in [0, 0.05) is 24.4 Å². The number of alkyl halides is 4. The van der Waals surface area contributed by atoms with E-state index in [0.717, 1.165) is 59.1 Å². The summed E-state index contributed by atoms with van der Waals surface area (Å²) in [5.41, 5.74) is 0. The number of halogens is 7. The Hall–Kier alpha value is 13.8. The summed E-state index contributed by atoms with van der Waals surface area (Å²) in [5, 5.41) is 27.0. The molecule has 0 spiro atoms. The van der Waals surface area contributed by atoms with Gasteiger partial charge in [-0.3, -0.25) is 18.1 Å². The maximum absolute atomic E-state index is 13.4. The van der Waals surface area contributed by atoms with E-state index in [2.05, 4.69) is 64.5 Å². The Balaban J connectivity index is -0.0000000747. The predicted octanol–water partition coefficient (Wildman–Crippen LogP) is 0.301. The van der Waals surface area contributed by atoms with Gasteiger partial charge in [0.2, 0.25) is 0 Å². The first-order valence-corrected chi connectivity index (χ1v) is 38.2. The van der Waals surface area contributed by atoms with E-state index in [0.29, 0.717) is 55.6 Å². The van der Waals surface area contributed by atoms with Gasteiger partial charge in [0.15, 0.2) is 0 Å². The van der Waals surface area contributed by atoms with Crippen LogP contribution in [0.5, 0.6) is 0 Å². The number of carboxylic acid groups (broad SMARTS) is 1. The maximum Gasteiger partial charge on any atom is 2.00 e. The fourth-order valence-corrected chi connectivity index (χ4v) is 16.2. The second-order valence-corrected chi connectivity index (χ2v) is 35.8. The third-order valence-corrected chi connectivity index (χ3v) is 22.9. The van der Waals surface area contributed by atoms with Gasteiger partial charge in [0.1, 0.15) is 0 Å². The van der Waals surface area contributed by atoms with E-state index >= 15 is 0 Å². The number of aliphatic carboxylic acids is 1.